The summed E-state index contributed by atoms with van der Waals surface area (Å²) in [5, 5.41) is 9.22. The van der Waals surface area contributed by atoms with Gasteiger partial charge in [-0.25, -0.2) is 22.1 Å². The first-order valence-corrected chi connectivity index (χ1v) is 42.6. The lowest BCUT2D eigenvalue weighted by Gasteiger charge is -2.32. The molecule has 13 rings (SSSR count). The highest BCUT2D eigenvalue weighted by molar-refractivity contribution is 7.86. The number of carbonyl (C=O) groups excluding carboxylic acids is 2. The fourth-order valence-electron chi connectivity index (χ4n) is 12.9. The zero-order valence-corrected chi connectivity index (χ0v) is 73.8. The number of pyridine rings is 3. The molecule has 0 amide bonds. The number of rotatable bonds is 27. The fraction of sp³-hybridized carbons (Fsp3) is 0.341. The number of alkyl halides is 9. The van der Waals surface area contributed by atoms with E-state index in [9.17, 15) is 75.5 Å². The maximum Gasteiger partial charge on any atom is 0.498 e. The van der Waals surface area contributed by atoms with Crippen molar-refractivity contribution in [3.63, 3.8) is 0 Å². The van der Waals surface area contributed by atoms with Gasteiger partial charge in [0.1, 0.15) is 107 Å². The third-order valence-corrected chi connectivity index (χ3v) is 23.7. The summed E-state index contributed by atoms with van der Waals surface area (Å²) < 4.78 is 247. The molecule has 682 valence electrons. The zero-order valence-electron chi connectivity index (χ0n) is 71.4. The van der Waals surface area contributed by atoms with Crippen molar-refractivity contribution >= 4 is 96.8 Å². The topological polar surface area (TPSA) is 286 Å². The smallest absolute Gasteiger partial charge is 0.488 e. The number of furan rings is 3. The predicted molar refractivity (Wildman–Crippen MR) is 458 cm³/mol. The molecule has 2 atom stereocenters. The quantitative estimate of drug-likeness (QED) is 0.0245. The van der Waals surface area contributed by atoms with Gasteiger partial charge in [-0.2, -0.15) is 39.5 Å². The maximum absolute atomic E-state index is 14.1. The highest BCUT2D eigenvalue weighted by Crippen LogP contribution is 2.45. The number of nitrogens with zero attached hydrogens (tertiary/aromatic N) is 3. The molecule has 0 bridgehead atoms. The Hall–Kier alpha value is -11.1. The third kappa shape index (κ3) is 26.1. The number of benzene rings is 6. The number of aromatic nitrogens is 3. The van der Waals surface area contributed by atoms with Crippen molar-refractivity contribution < 1.29 is 127 Å². The minimum atomic E-state index is -4.67. The largest absolute Gasteiger partial charge is 0.498 e. The van der Waals surface area contributed by atoms with Crippen LogP contribution < -0.4 is 30.1 Å². The minimum Gasteiger partial charge on any atom is -0.488 e. The molecule has 1 aliphatic heterocycles. The average Bonchev–Trinajstić information content (AvgIpc) is 1.63. The Kier molecular flexibility index (Phi) is 32.1. The standard InChI is InChI=1S/C31H31F4NO5S.C26H27BF4O6.C24H18F4N2O4.C10H15ClN2OS/c1-5-39-28(37)15-21-6-7-22(32)16-27(21)40-17-19-12-24(29-25(13-19)26(18-41-29)31(33,34)35)20-8-10-36-23(14-20)9-11-42(38)30(2,3)4;1-6-33-22(32)11-16-7-8-17(28)12-21(16)34-13-15-9-18-19(26(29,30)31)14-35-23(18)20(10-15)27-36-24(2,3)25(4,5)37-27;25-16-2-1-15(8-22(31)32)21(9-16)33-11-13-5-18(14-3-4-30-17(7-14)10-29)23-19(6-13)20(12-34-23)24(26,27)28;1-10(2,3)15(14)13-7-9-6-8(11)4-5-12-9/h6-8,10,12-14,16,18H,5,9,11,15,17H2,1-4H3;7-10,12,14H,6,11,13H2,1-5H3;1-7,9,12H,8,10-11,29H2,(H,31,32);4-6,13H,7H2,1-3H3/t42-;;;15-/m1..0/s1. The van der Waals surface area contributed by atoms with Crippen LogP contribution in [0.2, 0.25) is 5.02 Å². The molecule has 1 fully saturated rings. The van der Waals surface area contributed by atoms with Gasteiger partial charge in [-0.15, -0.1) is 0 Å². The highest BCUT2D eigenvalue weighted by atomic mass is 35.5. The molecule has 12 aromatic rings. The fourth-order valence-corrected chi connectivity index (χ4v) is 14.8. The first-order valence-electron chi connectivity index (χ1n) is 39.7. The molecule has 6 aromatic carbocycles. The third-order valence-electron chi connectivity index (χ3n) is 20.0. The number of nitrogens with two attached hydrogens (primary N) is 1. The van der Waals surface area contributed by atoms with Crippen LogP contribution in [0.15, 0.2) is 178 Å². The van der Waals surface area contributed by atoms with Crippen LogP contribution in [0.25, 0.3) is 55.2 Å². The van der Waals surface area contributed by atoms with Gasteiger partial charge in [0.25, 0.3) is 0 Å². The Balaban J connectivity index is 0.000000185. The lowest BCUT2D eigenvalue weighted by atomic mass is 9.77. The molecule has 0 saturated carbocycles. The lowest BCUT2D eigenvalue weighted by Crippen LogP contribution is -2.41. The van der Waals surface area contributed by atoms with E-state index in [1.807, 2.05) is 69.2 Å². The molecule has 128 heavy (non-hydrogen) atoms. The minimum absolute atomic E-state index is 0.0108. The number of ether oxygens (including phenoxy) is 5. The van der Waals surface area contributed by atoms with E-state index < -0.39 is 122 Å². The van der Waals surface area contributed by atoms with Crippen molar-refractivity contribution in [2.24, 2.45) is 5.73 Å². The summed E-state index contributed by atoms with van der Waals surface area (Å²) in [6.45, 7) is 22.3. The molecule has 0 unspecified atom stereocenters. The van der Waals surface area contributed by atoms with Crippen LogP contribution in [0, 0.1) is 17.5 Å². The summed E-state index contributed by atoms with van der Waals surface area (Å²) in [6, 6.07) is 29.7. The van der Waals surface area contributed by atoms with Crippen molar-refractivity contribution in [1.29, 1.82) is 0 Å². The number of hydrogen-bond donors (Lipinski definition) is 3. The summed E-state index contributed by atoms with van der Waals surface area (Å²) in [4.78, 5) is 47.6. The van der Waals surface area contributed by atoms with Crippen LogP contribution in [-0.4, -0.2) is 93.2 Å². The number of halogens is 13. The van der Waals surface area contributed by atoms with E-state index in [4.69, 9.17) is 68.7 Å². The molecule has 7 heterocycles. The van der Waals surface area contributed by atoms with Gasteiger partial charge in [0.15, 0.2) is 0 Å². The van der Waals surface area contributed by atoms with Crippen molar-refractivity contribution in [3.05, 3.63) is 254 Å². The first-order chi connectivity index (χ1) is 60.0. The van der Waals surface area contributed by atoms with E-state index in [0.717, 1.165) is 30.0 Å². The van der Waals surface area contributed by atoms with E-state index in [2.05, 4.69) is 19.7 Å². The second-order valence-electron chi connectivity index (χ2n) is 32.1. The monoisotopic (exact) mass is 1850 g/mol. The molecule has 37 heteroatoms. The van der Waals surface area contributed by atoms with Crippen LogP contribution in [0.4, 0.5) is 52.7 Å². The van der Waals surface area contributed by atoms with E-state index in [1.54, 1.807) is 80.8 Å². The summed E-state index contributed by atoms with van der Waals surface area (Å²) >= 11 is 5.81. The molecule has 0 aliphatic carbocycles. The molecule has 1 saturated heterocycles. The Morgan fingerprint density at radius 3 is 1.30 bits per heavy atom. The second kappa shape index (κ2) is 41.5. The number of aliphatic carboxylic acids is 1. The van der Waals surface area contributed by atoms with Crippen LogP contribution >= 0.6 is 11.6 Å². The van der Waals surface area contributed by atoms with E-state index in [0.29, 0.717) is 104 Å². The second-order valence-corrected chi connectivity index (χ2v) is 37.0. The number of esters is 2. The summed E-state index contributed by atoms with van der Waals surface area (Å²) in [5.41, 5.74) is 7.52. The lowest BCUT2D eigenvalue weighted by molar-refractivity contribution is -0.143. The van der Waals surface area contributed by atoms with Gasteiger partial charge < -0.3 is 57.1 Å². The number of carbonyl (C=O) groups is 3. The molecule has 0 radical (unpaired) electrons. The van der Waals surface area contributed by atoms with E-state index in [-0.39, 0.29) is 118 Å². The van der Waals surface area contributed by atoms with Crippen molar-refractivity contribution in [3.8, 4) is 39.5 Å². The molecule has 1 aliphatic rings. The molecule has 6 aromatic heterocycles. The average molecular weight is 1850 g/mol. The molecular formula is C91H91BClF12N5O16S2. The van der Waals surface area contributed by atoms with Crippen LogP contribution in [0.3, 0.4) is 0 Å². The van der Waals surface area contributed by atoms with Gasteiger partial charge in [0.05, 0.1) is 77.3 Å². The molecule has 21 nitrogen and oxygen atoms in total. The first kappa shape index (κ1) is 99.0. The number of nitrogens with one attached hydrogen (secondary N) is 1. The Bertz CT molecular complexity index is 6010. The molecule has 4 N–H and O–H groups in total. The Morgan fingerprint density at radius 1 is 0.508 bits per heavy atom. The Labute approximate surface area is 738 Å². The van der Waals surface area contributed by atoms with Crippen molar-refractivity contribution in [1.82, 2.24) is 19.7 Å². The van der Waals surface area contributed by atoms with Gasteiger partial charge in [-0.05, 0) is 196 Å². The number of carboxylic acid groups (broad SMARTS) is 1. The van der Waals surface area contributed by atoms with E-state index in [1.165, 1.54) is 54.7 Å². The van der Waals surface area contributed by atoms with Crippen LogP contribution in [-0.2, 0) is 132 Å². The van der Waals surface area contributed by atoms with Gasteiger partial charge >= 0.3 is 43.6 Å². The van der Waals surface area contributed by atoms with Crippen LogP contribution in [0.5, 0.6) is 17.2 Å². The number of hydrogen-bond acceptors (Lipinski definition) is 19. The molecule has 0 spiro atoms. The zero-order chi connectivity index (χ0) is 93.8. The van der Waals surface area contributed by atoms with Gasteiger partial charge in [-0.1, -0.05) is 35.9 Å². The van der Waals surface area contributed by atoms with Crippen LogP contribution in [0.1, 0.15) is 150 Å². The summed E-state index contributed by atoms with van der Waals surface area (Å²) in [6.07, 6.45) is -7.61. The molecular weight excluding hydrogens is 1760 g/mol. The number of carboxylic acids is 1. The Morgan fingerprint density at radius 2 is 0.898 bits per heavy atom. The SMILES string of the molecule is CC(C)(C)[S@](=O)NCc1cc(Cl)ccn1.CCOC(=O)Cc1ccc(F)cc1OCc1cc(-c2ccnc(CC[S@@](=O)C(C)(C)C)c2)c2occ(C(F)(F)F)c2c1.CCOC(=O)Cc1ccc(F)cc1OCc1cc(B2OC(C)(C)C(C)(C)O2)c2occ(C(F)(F)F)c2c1.NCc1cc(-c2cc(COc3cc(F)ccc3CC(=O)O)cc3c(C(F)(F)F)coc23)ccn1. The summed E-state index contributed by atoms with van der Waals surface area (Å²) in [5.74, 6) is -3.49. The number of aryl methyl sites for hydroxylation is 1. The highest BCUT2D eigenvalue weighted by Gasteiger charge is 2.53. The summed E-state index contributed by atoms with van der Waals surface area (Å²) in [7, 11) is -3.18. The normalized spacial score (nSPS) is 13.8. The van der Waals surface area contributed by atoms with Gasteiger partial charge in [0, 0.05) is 131 Å². The predicted octanol–water partition coefficient (Wildman–Crippen LogP) is 20.6. The van der Waals surface area contributed by atoms with E-state index >= 15 is 0 Å². The number of fused-ring (bicyclic) bond motifs is 3. The van der Waals surface area contributed by atoms with Gasteiger partial charge in [-0.3, -0.25) is 33.5 Å². The van der Waals surface area contributed by atoms with Crippen molar-refractivity contribution in [2.75, 3.05) is 19.0 Å². The maximum atomic E-state index is 14.1. The van der Waals surface area contributed by atoms with Gasteiger partial charge in [0.2, 0.25) is 0 Å². The van der Waals surface area contributed by atoms with Crippen molar-refractivity contribution in [2.45, 2.75) is 181 Å².